The monoisotopic (exact) mass is 375 g/mol. The van der Waals surface area contributed by atoms with Crippen LogP contribution in [0.1, 0.15) is 40.1 Å². The highest BCUT2D eigenvalue weighted by Gasteiger charge is 2.20. The van der Waals surface area contributed by atoms with E-state index in [9.17, 15) is 18.0 Å². The summed E-state index contributed by atoms with van der Waals surface area (Å²) in [4.78, 5) is 24.5. The Kier molecular flexibility index (Phi) is 6.15. The average molecular weight is 375 g/mol. The van der Waals surface area contributed by atoms with E-state index in [1.165, 1.54) is 31.2 Å². The number of carbonyl (C=O) groups is 2. The quantitative estimate of drug-likeness (QED) is 0.593. The smallest absolute Gasteiger partial charge is 0.338 e. The second-order valence-electron chi connectivity index (χ2n) is 5.91. The Morgan fingerprint density at radius 1 is 1.00 bits per heavy atom. The predicted octanol–water partition coefficient (Wildman–Crippen LogP) is 3.05. The van der Waals surface area contributed by atoms with Gasteiger partial charge in [0.2, 0.25) is 15.8 Å². The Bertz CT molecular complexity index is 887. The van der Waals surface area contributed by atoms with Gasteiger partial charge in [-0.2, -0.15) is 0 Å². The van der Waals surface area contributed by atoms with Crippen LogP contribution < -0.4 is 4.72 Å². The number of nitrogens with one attached hydrogen (secondary N) is 1. The van der Waals surface area contributed by atoms with Crippen LogP contribution in [0.3, 0.4) is 0 Å². The zero-order chi connectivity index (χ0) is 19.3. The van der Waals surface area contributed by atoms with Crippen LogP contribution in [0.25, 0.3) is 0 Å². The standard InChI is InChI=1S/C19H21NO5S/c1-4-14-5-7-16(8-6-14)19(22)25-13(2)18(21)15-9-11-17(12-10-15)20-26(3,23)24/h5-13,20H,4H2,1-3H3. The third kappa shape index (κ3) is 5.42. The van der Waals surface area contributed by atoms with Crippen LogP contribution in [-0.4, -0.2) is 32.5 Å². The summed E-state index contributed by atoms with van der Waals surface area (Å²) in [5.74, 6) is -0.932. The molecule has 6 nitrogen and oxygen atoms in total. The Morgan fingerprint density at radius 2 is 1.54 bits per heavy atom. The largest absolute Gasteiger partial charge is 0.451 e. The van der Waals surface area contributed by atoms with Crippen LogP contribution in [0, 0.1) is 0 Å². The van der Waals surface area contributed by atoms with Gasteiger partial charge in [-0.1, -0.05) is 19.1 Å². The first-order valence-corrected chi connectivity index (χ1v) is 10.0. The fraction of sp³-hybridized carbons (Fsp3) is 0.263. The van der Waals surface area contributed by atoms with Crippen LogP contribution >= 0.6 is 0 Å². The summed E-state index contributed by atoms with van der Waals surface area (Å²) in [5, 5.41) is 0. The van der Waals surface area contributed by atoms with Gasteiger partial charge in [-0.25, -0.2) is 13.2 Å². The third-order valence-electron chi connectivity index (χ3n) is 3.72. The van der Waals surface area contributed by atoms with Crippen molar-refractivity contribution in [3.05, 3.63) is 65.2 Å². The van der Waals surface area contributed by atoms with E-state index < -0.39 is 22.1 Å². The van der Waals surface area contributed by atoms with E-state index in [4.69, 9.17) is 4.74 Å². The minimum absolute atomic E-state index is 0.325. The Labute approximate surface area is 153 Å². The lowest BCUT2D eigenvalue weighted by Crippen LogP contribution is -2.24. The van der Waals surface area contributed by atoms with Crippen molar-refractivity contribution >= 4 is 27.5 Å². The highest BCUT2D eigenvalue weighted by Crippen LogP contribution is 2.15. The first-order chi connectivity index (χ1) is 12.2. The van der Waals surface area contributed by atoms with E-state index in [1.54, 1.807) is 12.1 Å². The summed E-state index contributed by atoms with van der Waals surface area (Å²) >= 11 is 0. The van der Waals surface area contributed by atoms with E-state index in [0.29, 0.717) is 16.8 Å². The Morgan fingerprint density at radius 3 is 2.04 bits per heavy atom. The molecule has 0 aromatic heterocycles. The van der Waals surface area contributed by atoms with Gasteiger partial charge in [-0.05, 0) is 55.3 Å². The van der Waals surface area contributed by atoms with Crippen molar-refractivity contribution in [1.29, 1.82) is 0 Å². The van der Waals surface area contributed by atoms with E-state index >= 15 is 0 Å². The minimum Gasteiger partial charge on any atom is -0.451 e. The molecule has 1 atom stereocenters. The van der Waals surface area contributed by atoms with Gasteiger partial charge in [-0.3, -0.25) is 9.52 Å². The lowest BCUT2D eigenvalue weighted by molar-refractivity contribution is 0.0319. The maximum atomic E-state index is 12.4. The first-order valence-electron chi connectivity index (χ1n) is 8.11. The van der Waals surface area contributed by atoms with E-state index in [0.717, 1.165) is 18.2 Å². The number of benzene rings is 2. The number of aryl methyl sites for hydroxylation is 1. The van der Waals surface area contributed by atoms with Crippen LogP contribution in [0.2, 0.25) is 0 Å². The molecule has 0 saturated heterocycles. The number of Topliss-reactive ketones (excluding diaryl/α,β-unsaturated/α-hetero) is 1. The SMILES string of the molecule is CCc1ccc(C(=O)OC(C)C(=O)c2ccc(NS(C)(=O)=O)cc2)cc1. The summed E-state index contributed by atoms with van der Waals surface area (Å²) < 4.78 is 29.9. The maximum Gasteiger partial charge on any atom is 0.338 e. The maximum absolute atomic E-state index is 12.4. The van der Waals surface area contributed by atoms with Gasteiger partial charge in [0.05, 0.1) is 11.8 Å². The van der Waals surface area contributed by atoms with Crippen molar-refractivity contribution in [2.75, 3.05) is 11.0 Å². The molecule has 1 unspecified atom stereocenters. The lowest BCUT2D eigenvalue weighted by Gasteiger charge is -2.13. The normalized spacial score (nSPS) is 12.3. The molecule has 2 rings (SSSR count). The molecule has 0 radical (unpaired) electrons. The summed E-state index contributed by atoms with van der Waals surface area (Å²) in [6.45, 7) is 3.52. The van der Waals surface area contributed by atoms with Crippen molar-refractivity contribution < 1.29 is 22.7 Å². The number of anilines is 1. The molecule has 0 spiro atoms. The molecule has 0 aliphatic rings. The van der Waals surface area contributed by atoms with Crippen molar-refractivity contribution in [1.82, 2.24) is 0 Å². The van der Waals surface area contributed by atoms with Gasteiger partial charge in [0.25, 0.3) is 0 Å². The number of ether oxygens (including phenoxy) is 1. The number of carbonyl (C=O) groups excluding carboxylic acids is 2. The summed E-state index contributed by atoms with van der Waals surface area (Å²) in [6.07, 6.45) is 0.955. The molecule has 2 aromatic carbocycles. The van der Waals surface area contributed by atoms with Gasteiger partial charge in [0.1, 0.15) is 0 Å². The molecule has 0 fully saturated rings. The van der Waals surface area contributed by atoms with Crippen LogP contribution in [-0.2, 0) is 21.2 Å². The van der Waals surface area contributed by atoms with E-state index in [-0.39, 0.29) is 5.78 Å². The molecule has 0 aliphatic carbocycles. The number of hydrogen-bond acceptors (Lipinski definition) is 5. The molecule has 7 heteroatoms. The van der Waals surface area contributed by atoms with Crippen molar-refractivity contribution in [3.8, 4) is 0 Å². The zero-order valence-electron chi connectivity index (χ0n) is 14.9. The number of esters is 1. The second-order valence-corrected chi connectivity index (χ2v) is 7.66. The molecular weight excluding hydrogens is 354 g/mol. The molecule has 0 saturated carbocycles. The highest BCUT2D eigenvalue weighted by atomic mass is 32.2. The van der Waals surface area contributed by atoms with Gasteiger partial charge in [-0.15, -0.1) is 0 Å². The molecular formula is C19H21NO5S. The first kappa shape index (κ1) is 19.7. The molecule has 0 amide bonds. The van der Waals surface area contributed by atoms with Gasteiger partial charge >= 0.3 is 5.97 Å². The molecule has 0 aliphatic heterocycles. The van der Waals surface area contributed by atoms with Crippen molar-refractivity contribution in [3.63, 3.8) is 0 Å². The molecule has 138 valence electrons. The zero-order valence-corrected chi connectivity index (χ0v) is 15.7. The number of hydrogen-bond donors (Lipinski definition) is 1. The highest BCUT2D eigenvalue weighted by molar-refractivity contribution is 7.92. The van der Waals surface area contributed by atoms with Gasteiger partial charge in [0, 0.05) is 11.3 Å². The molecule has 1 N–H and O–H groups in total. The number of ketones is 1. The summed E-state index contributed by atoms with van der Waals surface area (Å²) in [7, 11) is -3.38. The molecule has 2 aromatic rings. The topological polar surface area (TPSA) is 89.5 Å². The fourth-order valence-electron chi connectivity index (χ4n) is 2.31. The van der Waals surface area contributed by atoms with E-state index in [2.05, 4.69) is 4.72 Å². The van der Waals surface area contributed by atoms with Crippen molar-refractivity contribution in [2.45, 2.75) is 26.4 Å². The van der Waals surface area contributed by atoms with Gasteiger partial charge in [0.15, 0.2) is 6.10 Å². The minimum atomic E-state index is -3.38. The summed E-state index contributed by atoms with van der Waals surface area (Å²) in [6, 6.07) is 13.0. The van der Waals surface area contributed by atoms with Crippen LogP contribution in [0.5, 0.6) is 0 Å². The Balaban J connectivity index is 2.03. The fourth-order valence-corrected chi connectivity index (χ4v) is 2.87. The van der Waals surface area contributed by atoms with Crippen LogP contribution in [0.15, 0.2) is 48.5 Å². The van der Waals surface area contributed by atoms with Gasteiger partial charge < -0.3 is 4.74 Å². The lowest BCUT2D eigenvalue weighted by atomic mass is 10.1. The number of rotatable bonds is 7. The third-order valence-corrected chi connectivity index (χ3v) is 4.33. The van der Waals surface area contributed by atoms with E-state index in [1.807, 2.05) is 19.1 Å². The van der Waals surface area contributed by atoms with Crippen LogP contribution in [0.4, 0.5) is 5.69 Å². The molecule has 26 heavy (non-hydrogen) atoms. The number of sulfonamides is 1. The molecule has 0 bridgehead atoms. The molecule has 0 heterocycles. The predicted molar refractivity (Wildman–Crippen MR) is 99.9 cm³/mol. The Hall–Kier alpha value is -2.67. The average Bonchev–Trinajstić information content (AvgIpc) is 2.60. The van der Waals surface area contributed by atoms with Crippen molar-refractivity contribution in [2.24, 2.45) is 0 Å². The summed E-state index contributed by atoms with van der Waals surface area (Å²) in [5.41, 5.74) is 2.17. The second kappa shape index (κ2) is 8.14.